The monoisotopic (exact) mass is 304 g/mol. The SMILES string of the molecule is COc1cccc(C(C)CC(=O)N2CCC(N)C(C)(C)C2)c1. The molecule has 1 aromatic carbocycles. The summed E-state index contributed by atoms with van der Waals surface area (Å²) in [6.45, 7) is 7.89. The first-order chi connectivity index (χ1) is 10.3. The number of likely N-dealkylation sites (tertiary alicyclic amines) is 1. The number of nitrogens with two attached hydrogens (primary N) is 1. The van der Waals surface area contributed by atoms with Crippen molar-refractivity contribution >= 4 is 5.91 Å². The minimum atomic E-state index is -0.00683. The van der Waals surface area contributed by atoms with Gasteiger partial charge in [0.2, 0.25) is 5.91 Å². The molecule has 4 nitrogen and oxygen atoms in total. The molecule has 0 aromatic heterocycles. The van der Waals surface area contributed by atoms with E-state index in [4.69, 9.17) is 10.5 Å². The Balaban J connectivity index is 1.99. The van der Waals surface area contributed by atoms with Gasteiger partial charge < -0.3 is 15.4 Å². The van der Waals surface area contributed by atoms with Crippen LogP contribution in [0.1, 0.15) is 45.1 Å². The zero-order valence-electron chi connectivity index (χ0n) is 14.1. The van der Waals surface area contributed by atoms with Gasteiger partial charge in [-0.15, -0.1) is 0 Å². The van der Waals surface area contributed by atoms with E-state index in [-0.39, 0.29) is 23.3 Å². The summed E-state index contributed by atoms with van der Waals surface area (Å²) >= 11 is 0. The highest BCUT2D eigenvalue weighted by atomic mass is 16.5. The summed E-state index contributed by atoms with van der Waals surface area (Å²) < 4.78 is 5.26. The molecule has 0 aliphatic carbocycles. The van der Waals surface area contributed by atoms with Crippen LogP contribution in [0, 0.1) is 5.41 Å². The van der Waals surface area contributed by atoms with Gasteiger partial charge in [0.25, 0.3) is 0 Å². The number of methoxy groups -OCH3 is 1. The lowest BCUT2D eigenvalue weighted by Crippen LogP contribution is -2.54. The molecule has 1 aliphatic heterocycles. The van der Waals surface area contributed by atoms with Crippen LogP contribution < -0.4 is 10.5 Å². The number of carbonyl (C=O) groups excluding carboxylic acids is 1. The third kappa shape index (κ3) is 3.80. The van der Waals surface area contributed by atoms with Crippen molar-refractivity contribution in [3.05, 3.63) is 29.8 Å². The first-order valence-corrected chi connectivity index (χ1v) is 8.01. The Hall–Kier alpha value is -1.55. The zero-order chi connectivity index (χ0) is 16.3. The lowest BCUT2D eigenvalue weighted by molar-refractivity contribution is -0.135. The van der Waals surface area contributed by atoms with Crippen molar-refractivity contribution in [3.63, 3.8) is 0 Å². The molecule has 1 aromatic rings. The molecule has 122 valence electrons. The van der Waals surface area contributed by atoms with Gasteiger partial charge in [-0.05, 0) is 35.4 Å². The van der Waals surface area contributed by atoms with Crippen molar-refractivity contribution in [1.82, 2.24) is 4.90 Å². The molecule has 1 saturated heterocycles. The summed E-state index contributed by atoms with van der Waals surface area (Å²) in [6.07, 6.45) is 1.41. The molecule has 2 N–H and O–H groups in total. The van der Waals surface area contributed by atoms with Crippen LogP contribution in [0.5, 0.6) is 5.75 Å². The van der Waals surface area contributed by atoms with Crippen LogP contribution in [-0.4, -0.2) is 37.0 Å². The molecule has 0 saturated carbocycles. The molecule has 2 unspecified atom stereocenters. The number of piperidine rings is 1. The zero-order valence-corrected chi connectivity index (χ0v) is 14.1. The fourth-order valence-corrected chi connectivity index (χ4v) is 3.04. The van der Waals surface area contributed by atoms with E-state index in [1.54, 1.807) is 7.11 Å². The Morgan fingerprint density at radius 2 is 2.23 bits per heavy atom. The van der Waals surface area contributed by atoms with E-state index >= 15 is 0 Å². The van der Waals surface area contributed by atoms with Gasteiger partial charge >= 0.3 is 0 Å². The van der Waals surface area contributed by atoms with Gasteiger partial charge in [-0.2, -0.15) is 0 Å². The van der Waals surface area contributed by atoms with Crippen LogP contribution >= 0.6 is 0 Å². The number of hydrogen-bond donors (Lipinski definition) is 1. The molecule has 1 fully saturated rings. The maximum Gasteiger partial charge on any atom is 0.223 e. The van der Waals surface area contributed by atoms with Gasteiger partial charge in [-0.25, -0.2) is 0 Å². The number of amides is 1. The van der Waals surface area contributed by atoms with E-state index in [9.17, 15) is 4.79 Å². The highest BCUT2D eigenvalue weighted by Crippen LogP contribution is 2.30. The molecule has 1 amide bonds. The van der Waals surface area contributed by atoms with E-state index < -0.39 is 0 Å². The van der Waals surface area contributed by atoms with Gasteiger partial charge in [0.15, 0.2) is 0 Å². The average Bonchev–Trinajstić information content (AvgIpc) is 2.49. The van der Waals surface area contributed by atoms with E-state index in [0.29, 0.717) is 6.42 Å². The minimum Gasteiger partial charge on any atom is -0.497 e. The second kappa shape index (κ2) is 6.69. The van der Waals surface area contributed by atoms with Gasteiger partial charge in [0.1, 0.15) is 5.75 Å². The summed E-state index contributed by atoms with van der Waals surface area (Å²) in [5.41, 5.74) is 7.28. The third-order valence-electron chi connectivity index (χ3n) is 4.81. The van der Waals surface area contributed by atoms with Crippen molar-refractivity contribution in [2.75, 3.05) is 20.2 Å². The molecule has 0 radical (unpaired) electrons. The summed E-state index contributed by atoms with van der Waals surface area (Å²) in [6, 6.07) is 8.13. The summed E-state index contributed by atoms with van der Waals surface area (Å²) in [5.74, 6) is 1.23. The highest BCUT2D eigenvalue weighted by molar-refractivity contribution is 5.77. The Morgan fingerprint density at radius 1 is 1.50 bits per heavy atom. The van der Waals surface area contributed by atoms with Gasteiger partial charge in [0.05, 0.1) is 7.11 Å². The first-order valence-electron chi connectivity index (χ1n) is 8.01. The Kier molecular flexibility index (Phi) is 5.12. The first kappa shape index (κ1) is 16.8. The standard InChI is InChI=1S/C18H28N2O2/c1-13(14-6-5-7-15(11-14)22-4)10-17(21)20-9-8-16(19)18(2,3)12-20/h5-7,11,13,16H,8-10,12,19H2,1-4H3. The molecule has 0 spiro atoms. The molecule has 0 bridgehead atoms. The smallest absolute Gasteiger partial charge is 0.223 e. The predicted octanol–water partition coefficient (Wildman–Crippen LogP) is 2.77. The molecule has 2 rings (SSSR count). The molecular formula is C18H28N2O2. The van der Waals surface area contributed by atoms with Crippen LogP contribution in [-0.2, 0) is 4.79 Å². The Labute approximate surface area is 133 Å². The van der Waals surface area contributed by atoms with Crippen LogP contribution in [0.25, 0.3) is 0 Å². The van der Waals surface area contributed by atoms with E-state index in [1.165, 1.54) is 0 Å². The number of carbonyl (C=O) groups is 1. The average molecular weight is 304 g/mol. The Bertz CT molecular complexity index is 528. The number of ether oxygens (including phenoxy) is 1. The summed E-state index contributed by atoms with van der Waals surface area (Å²) in [7, 11) is 1.66. The minimum absolute atomic E-state index is 0.00683. The highest BCUT2D eigenvalue weighted by Gasteiger charge is 2.35. The van der Waals surface area contributed by atoms with Crippen LogP contribution in [0.4, 0.5) is 0 Å². The van der Waals surface area contributed by atoms with Crippen molar-refractivity contribution in [2.24, 2.45) is 11.1 Å². The summed E-state index contributed by atoms with van der Waals surface area (Å²) in [5, 5.41) is 0. The van der Waals surface area contributed by atoms with Crippen molar-refractivity contribution in [3.8, 4) is 5.75 Å². The van der Waals surface area contributed by atoms with E-state index in [0.717, 1.165) is 30.8 Å². The maximum atomic E-state index is 12.6. The molecule has 1 heterocycles. The lowest BCUT2D eigenvalue weighted by Gasteiger charge is -2.42. The van der Waals surface area contributed by atoms with Gasteiger partial charge in [-0.3, -0.25) is 4.79 Å². The molecule has 4 heteroatoms. The molecule has 1 aliphatic rings. The number of benzene rings is 1. The van der Waals surface area contributed by atoms with Crippen LogP contribution in [0.2, 0.25) is 0 Å². The predicted molar refractivity (Wildman–Crippen MR) is 89.0 cm³/mol. The van der Waals surface area contributed by atoms with Gasteiger partial charge in [0, 0.05) is 25.6 Å². The molecule has 22 heavy (non-hydrogen) atoms. The van der Waals surface area contributed by atoms with Crippen LogP contribution in [0.15, 0.2) is 24.3 Å². The second-order valence-corrected chi connectivity index (χ2v) is 7.08. The topological polar surface area (TPSA) is 55.6 Å². The normalized spacial score (nSPS) is 22.2. The van der Waals surface area contributed by atoms with Crippen molar-refractivity contribution in [2.45, 2.75) is 45.6 Å². The van der Waals surface area contributed by atoms with Gasteiger partial charge in [-0.1, -0.05) is 32.9 Å². The Morgan fingerprint density at radius 3 is 2.86 bits per heavy atom. The van der Waals surface area contributed by atoms with Crippen molar-refractivity contribution < 1.29 is 9.53 Å². The second-order valence-electron chi connectivity index (χ2n) is 7.08. The number of rotatable bonds is 4. The largest absolute Gasteiger partial charge is 0.497 e. The molecular weight excluding hydrogens is 276 g/mol. The van der Waals surface area contributed by atoms with Crippen molar-refractivity contribution in [1.29, 1.82) is 0 Å². The maximum absolute atomic E-state index is 12.6. The third-order valence-corrected chi connectivity index (χ3v) is 4.81. The number of hydrogen-bond acceptors (Lipinski definition) is 3. The quantitative estimate of drug-likeness (QED) is 0.930. The lowest BCUT2D eigenvalue weighted by atomic mass is 9.79. The number of nitrogens with zero attached hydrogens (tertiary/aromatic N) is 1. The van der Waals surface area contributed by atoms with E-state index in [2.05, 4.69) is 26.8 Å². The summed E-state index contributed by atoms with van der Waals surface area (Å²) in [4.78, 5) is 14.6. The van der Waals surface area contributed by atoms with E-state index in [1.807, 2.05) is 23.1 Å². The fourth-order valence-electron chi connectivity index (χ4n) is 3.04. The van der Waals surface area contributed by atoms with Crippen LogP contribution in [0.3, 0.4) is 0 Å². The molecule has 2 atom stereocenters. The fraction of sp³-hybridized carbons (Fsp3) is 0.611.